The Morgan fingerprint density at radius 1 is 1.27 bits per heavy atom. The van der Waals surface area contributed by atoms with Crippen LogP contribution in [0.15, 0.2) is 12.1 Å². The summed E-state index contributed by atoms with van der Waals surface area (Å²) < 4.78 is 10.4. The van der Waals surface area contributed by atoms with Crippen molar-refractivity contribution < 1.29 is 14.3 Å². The second kappa shape index (κ2) is 7.02. The number of benzene rings is 1. The highest BCUT2D eigenvalue weighted by Gasteiger charge is 2.11. The quantitative estimate of drug-likeness (QED) is 0.598. The first-order valence-electron chi connectivity index (χ1n) is 7.06. The first-order valence-corrected chi connectivity index (χ1v) is 7.06. The van der Waals surface area contributed by atoms with Crippen LogP contribution in [0.3, 0.4) is 0 Å². The Bertz CT molecular complexity index is 644. The van der Waals surface area contributed by atoms with E-state index in [-0.39, 0.29) is 5.97 Å². The van der Waals surface area contributed by atoms with E-state index in [2.05, 4.69) is 20.1 Å². The molecule has 0 amide bonds. The molecular formula is C15H20N4O3. The Balaban J connectivity index is 2.05. The van der Waals surface area contributed by atoms with Crippen molar-refractivity contribution in [2.45, 2.75) is 26.7 Å². The maximum Gasteiger partial charge on any atom is 0.305 e. The lowest BCUT2D eigenvalue weighted by Gasteiger charge is -2.13. The van der Waals surface area contributed by atoms with Gasteiger partial charge in [0, 0.05) is 12.0 Å². The predicted molar refractivity (Wildman–Crippen MR) is 80.5 cm³/mol. The first-order chi connectivity index (χ1) is 10.5. The van der Waals surface area contributed by atoms with Gasteiger partial charge in [-0.15, -0.1) is 10.2 Å². The number of tetrazole rings is 1. The standard InChI is InChI=1S/C15H20N4O3/c1-10-8-12(15-16-18-19(3)17-15)9-11(2)14(10)22-7-5-6-13(20)21-4/h8-9H,5-7H2,1-4H3. The van der Waals surface area contributed by atoms with Crippen molar-refractivity contribution in [1.82, 2.24) is 20.2 Å². The lowest BCUT2D eigenvalue weighted by atomic mass is 10.1. The molecule has 0 fully saturated rings. The number of rotatable bonds is 6. The van der Waals surface area contributed by atoms with Gasteiger partial charge in [0.2, 0.25) is 5.82 Å². The van der Waals surface area contributed by atoms with E-state index in [4.69, 9.17) is 4.74 Å². The van der Waals surface area contributed by atoms with E-state index in [9.17, 15) is 4.79 Å². The van der Waals surface area contributed by atoms with Crippen LogP contribution < -0.4 is 4.74 Å². The summed E-state index contributed by atoms with van der Waals surface area (Å²) in [6.07, 6.45) is 0.981. The Kier molecular flexibility index (Phi) is 5.08. The molecule has 0 atom stereocenters. The molecule has 2 aromatic rings. The molecule has 7 heteroatoms. The second-order valence-corrected chi connectivity index (χ2v) is 5.07. The van der Waals surface area contributed by atoms with Crippen molar-refractivity contribution in [3.05, 3.63) is 23.3 Å². The van der Waals surface area contributed by atoms with Crippen molar-refractivity contribution in [2.75, 3.05) is 13.7 Å². The number of nitrogens with zero attached hydrogens (tertiary/aromatic N) is 4. The summed E-state index contributed by atoms with van der Waals surface area (Å²) in [5.74, 6) is 1.20. The molecule has 0 saturated heterocycles. The number of methoxy groups -OCH3 is 1. The maximum atomic E-state index is 11.1. The lowest BCUT2D eigenvalue weighted by molar-refractivity contribution is -0.140. The molecule has 0 N–H and O–H groups in total. The van der Waals surface area contributed by atoms with E-state index in [1.807, 2.05) is 26.0 Å². The molecule has 2 rings (SSSR count). The summed E-state index contributed by atoms with van der Waals surface area (Å²) in [6, 6.07) is 3.94. The smallest absolute Gasteiger partial charge is 0.305 e. The molecule has 0 spiro atoms. The van der Waals surface area contributed by atoms with E-state index < -0.39 is 0 Å². The van der Waals surface area contributed by atoms with Gasteiger partial charge in [-0.25, -0.2) is 0 Å². The molecule has 0 aliphatic heterocycles. The van der Waals surface area contributed by atoms with E-state index >= 15 is 0 Å². The largest absolute Gasteiger partial charge is 0.493 e. The van der Waals surface area contributed by atoms with Gasteiger partial charge in [0.25, 0.3) is 0 Å². The summed E-state index contributed by atoms with van der Waals surface area (Å²) in [5.41, 5.74) is 2.91. The number of carbonyl (C=O) groups excluding carboxylic acids is 1. The Hall–Kier alpha value is -2.44. The summed E-state index contributed by atoms with van der Waals surface area (Å²) in [6.45, 7) is 4.42. The van der Waals surface area contributed by atoms with Crippen molar-refractivity contribution >= 4 is 5.97 Å². The molecule has 0 saturated carbocycles. The van der Waals surface area contributed by atoms with Crippen LogP contribution >= 0.6 is 0 Å². The molecule has 7 nitrogen and oxygen atoms in total. The van der Waals surface area contributed by atoms with Crippen LogP contribution in [0, 0.1) is 13.8 Å². The number of hydrogen-bond donors (Lipinski definition) is 0. The van der Waals surface area contributed by atoms with Crippen molar-refractivity contribution in [2.24, 2.45) is 7.05 Å². The highest BCUT2D eigenvalue weighted by molar-refractivity contribution is 5.69. The topological polar surface area (TPSA) is 79.1 Å². The number of ether oxygens (including phenoxy) is 2. The molecule has 0 aliphatic carbocycles. The number of esters is 1. The number of aromatic nitrogens is 4. The van der Waals surface area contributed by atoms with Crippen molar-refractivity contribution in [1.29, 1.82) is 0 Å². The van der Waals surface area contributed by atoms with E-state index in [0.29, 0.717) is 25.3 Å². The number of carbonyl (C=O) groups is 1. The van der Waals surface area contributed by atoms with Gasteiger partial charge < -0.3 is 9.47 Å². The summed E-state index contributed by atoms with van der Waals surface area (Å²) in [4.78, 5) is 12.5. The van der Waals surface area contributed by atoms with Gasteiger partial charge in [-0.05, 0) is 48.7 Å². The molecule has 0 aliphatic rings. The summed E-state index contributed by atoms with van der Waals surface area (Å²) in [7, 11) is 3.12. The van der Waals surface area contributed by atoms with E-state index in [1.165, 1.54) is 11.9 Å². The molecule has 0 unspecified atom stereocenters. The molecule has 0 bridgehead atoms. The van der Waals surface area contributed by atoms with E-state index in [1.54, 1.807) is 7.05 Å². The van der Waals surface area contributed by atoms with Crippen LogP contribution in [-0.4, -0.2) is 39.9 Å². The molecule has 0 radical (unpaired) electrons. The minimum atomic E-state index is -0.221. The Morgan fingerprint density at radius 2 is 1.95 bits per heavy atom. The normalized spacial score (nSPS) is 10.5. The van der Waals surface area contributed by atoms with Gasteiger partial charge in [0.1, 0.15) is 5.75 Å². The first kappa shape index (κ1) is 15.9. The van der Waals surface area contributed by atoms with Crippen LogP contribution in [0.2, 0.25) is 0 Å². The average molecular weight is 304 g/mol. The van der Waals surface area contributed by atoms with Gasteiger partial charge in [-0.3, -0.25) is 4.79 Å². The fourth-order valence-electron chi connectivity index (χ4n) is 2.20. The zero-order chi connectivity index (χ0) is 16.1. The van der Waals surface area contributed by atoms with Crippen LogP contribution in [0.25, 0.3) is 11.4 Å². The average Bonchev–Trinajstić information content (AvgIpc) is 2.91. The lowest BCUT2D eigenvalue weighted by Crippen LogP contribution is -2.06. The van der Waals surface area contributed by atoms with Gasteiger partial charge >= 0.3 is 5.97 Å². The minimum absolute atomic E-state index is 0.221. The highest BCUT2D eigenvalue weighted by atomic mass is 16.5. The van der Waals surface area contributed by atoms with Crippen LogP contribution in [0.1, 0.15) is 24.0 Å². The highest BCUT2D eigenvalue weighted by Crippen LogP contribution is 2.28. The second-order valence-electron chi connectivity index (χ2n) is 5.07. The van der Waals surface area contributed by atoms with Crippen LogP contribution in [0.4, 0.5) is 0 Å². The Morgan fingerprint density at radius 3 is 2.50 bits per heavy atom. The minimum Gasteiger partial charge on any atom is -0.493 e. The third-order valence-corrected chi connectivity index (χ3v) is 3.23. The zero-order valence-electron chi connectivity index (χ0n) is 13.3. The molecule has 1 aromatic carbocycles. The van der Waals surface area contributed by atoms with Gasteiger partial charge in [0.05, 0.1) is 20.8 Å². The Labute approximate surface area is 129 Å². The van der Waals surface area contributed by atoms with Crippen LogP contribution in [0.5, 0.6) is 5.75 Å². The van der Waals surface area contributed by atoms with E-state index in [0.717, 1.165) is 22.4 Å². The van der Waals surface area contributed by atoms with Gasteiger partial charge in [-0.2, -0.15) is 4.80 Å². The number of hydrogen-bond acceptors (Lipinski definition) is 6. The third-order valence-electron chi connectivity index (χ3n) is 3.23. The van der Waals surface area contributed by atoms with Crippen molar-refractivity contribution in [3.63, 3.8) is 0 Å². The monoisotopic (exact) mass is 304 g/mol. The molecule has 22 heavy (non-hydrogen) atoms. The molecular weight excluding hydrogens is 284 g/mol. The molecule has 1 aromatic heterocycles. The third kappa shape index (κ3) is 3.81. The number of aryl methyl sites for hydroxylation is 3. The maximum absolute atomic E-state index is 11.1. The fourth-order valence-corrected chi connectivity index (χ4v) is 2.20. The van der Waals surface area contributed by atoms with Crippen LogP contribution in [-0.2, 0) is 16.6 Å². The predicted octanol–water partition coefficient (Wildman–Crippen LogP) is 1.83. The van der Waals surface area contributed by atoms with Gasteiger partial charge in [-0.1, -0.05) is 0 Å². The molecule has 118 valence electrons. The van der Waals surface area contributed by atoms with Crippen molar-refractivity contribution in [3.8, 4) is 17.1 Å². The fraction of sp³-hybridized carbons (Fsp3) is 0.467. The molecule has 1 heterocycles. The van der Waals surface area contributed by atoms with Gasteiger partial charge in [0.15, 0.2) is 0 Å². The summed E-state index contributed by atoms with van der Waals surface area (Å²) in [5, 5.41) is 12.1. The SMILES string of the molecule is COC(=O)CCCOc1c(C)cc(-c2nnn(C)n2)cc1C. The summed E-state index contributed by atoms with van der Waals surface area (Å²) >= 11 is 0. The zero-order valence-corrected chi connectivity index (χ0v) is 13.3.